The lowest BCUT2D eigenvalue weighted by atomic mass is 10.1. The van der Waals surface area contributed by atoms with Crippen LogP contribution in [0.25, 0.3) is 0 Å². The van der Waals surface area contributed by atoms with Crippen molar-refractivity contribution in [2.24, 2.45) is 0 Å². The SMILES string of the molecule is CC(=O)N1CCN(c2ccc(CCc3ccc(OCc4ccnc(C#N)c4)nn3)cc2)CC1. The molecule has 0 atom stereocenters. The molecule has 3 aromatic rings. The van der Waals surface area contributed by atoms with Crippen LogP contribution in [0.3, 0.4) is 0 Å². The van der Waals surface area contributed by atoms with Gasteiger partial charge in [-0.05, 0) is 54.3 Å². The number of benzene rings is 1. The number of carbonyl (C=O) groups is 1. The minimum Gasteiger partial charge on any atom is -0.472 e. The third-order valence-electron chi connectivity index (χ3n) is 5.72. The zero-order valence-electron chi connectivity index (χ0n) is 18.6. The highest BCUT2D eigenvalue weighted by molar-refractivity contribution is 5.73. The molecule has 0 bridgehead atoms. The number of rotatable bonds is 7. The molecule has 1 aliphatic heterocycles. The molecule has 1 aromatic carbocycles. The number of amides is 1. The van der Waals surface area contributed by atoms with Gasteiger partial charge in [0, 0.05) is 51.1 Å². The number of piperazine rings is 1. The molecular formula is C25H26N6O2. The van der Waals surface area contributed by atoms with E-state index >= 15 is 0 Å². The van der Waals surface area contributed by atoms with Crippen LogP contribution >= 0.6 is 0 Å². The topological polar surface area (TPSA) is 95.2 Å². The van der Waals surface area contributed by atoms with Crippen LogP contribution in [-0.4, -0.2) is 52.2 Å². The average molecular weight is 443 g/mol. The van der Waals surface area contributed by atoms with Gasteiger partial charge in [0.15, 0.2) is 0 Å². The van der Waals surface area contributed by atoms with Crippen LogP contribution in [0.2, 0.25) is 0 Å². The van der Waals surface area contributed by atoms with Crippen LogP contribution in [-0.2, 0) is 24.2 Å². The number of anilines is 1. The number of aryl methyl sites for hydroxylation is 2. The van der Waals surface area contributed by atoms with Crippen molar-refractivity contribution in [3.8, 4) is 11.9 Å². The monoisotopic (exact) mass is 442 g/mol. The number of pyridine rings is 1. The van der Waals surface area contributed by atoms with E-state index in [9.17, 15) is 4.79 Å². The second-order valence-electron chi connectivity index (χ2n) is 7.97. The van der Waals surface area contributed by atoms with E-state index in [1.165, 1.54) is 11.3 Å². The molecule has 4 rings (SSSR count). The molecule has 0 aliphatic carbocycles. The van der Waals surface area contributed by atoms with Gasteiger partial charge in [0.1, 0.15) is 18.4 Å². The van der Waals surface area contributed by atoms with E-state index in [0.29, 0.717) is 18.2 Å². The first-order valence-electron chi connectivity index (χ1n) is 11.0. The van der Waals surface area contributed by atoms with E-state index in [1.54, 1.807) is 25.3 Å². The number of ether oxygens (including phenoxy) is 1. The molecule has 8 nitrogen and oxygen atoms in total. The van der Waals surface area contributed by atoms with E-state index in [4.69, 9.17) is 10.00 Å². The van der Waals surface area contributed by atoms with E-state index in [-0.39, 0.29) is 5.91 Å². The Morgan fingerprint density at radius 3 is 2.45 bits per heavy atom. The molecule has 1 fully saturated rings. The molecule has 0 radical (unpaired) electrons. The van der Waals surface area contributed by atoms with Crippen LogP contribution in [0.1, 0.15) is 29.4 Å². The third kappa shape index (κ3) is 6.04. The molecule has 8 heteroatoms. The van der Waals surface area contributed by atoms with Gasteiger partial charge in [0.2, 0.25) is 11.8 Å². The number of hydrogen-bond donors (Lipinski definition) is 0. The summed E-state index contributed by atoms with van der Waals surface area (Å²) in [6.07, 6.45) is 3.26. The van der Waals surface area contributed by atoms with Crippen molar-refractivity contribution in [2.45, 2.75) is 26.4 Å². The van der Waals surface area contributed by atoms with Gasteiger partial charge in [-0.2, -0.15) is 10.4 Å². The number of nitriles is 1. The summed E-state index contributed by atoms with van der Waals surface area (Å²) in [5.74, 6) is 0.596. The summed E-state index contributed by atoms with van der Waals surface area (Å²) in [7, 11) is 0. The Morgan fingerprint density at radius 1 is 1.00 bits per heavy atom. The Morgan fingerprint density at radius 2 is 1.79 bits per heavy atom. The van der Waals surface area contributed by atoms with Crippen molar-refractivity contribution in [1.82, 2.24) is 20.1 Å². The largest absolute Gasteiger partial charge is 0.472 e. The maximum Gasteiger partial charge on any atom is 0.233 e. The molecule has 1 aliphatic rings. The second kappa shape index (κ2) is 10.6. The van der Waals surface area contributed by atoms with Gasteiger partial charge >= 0.3 is 0 Å². The molecule has 3 heterocycles. The summed E-state index contributed by atoms with van der Waals surface area (Å²) in [5, 5.41) is 17.3. The fourth-order valence-corrected chi connectivity index (χ4v) is 3.77. The van der Waals surface area contributed by atoms with Gasteiger partial charge < -0.3 is 14.5 Å². The number of nitrogens with zero attached hydrogens (tertiary/aromatic N) is 6. The molecule has 2 aromatic heterocycles. The maximum atomic E-state index is 11.5. The summed E-state index contributed by atoms with van der Waals surface area (Å²) < 4.78 is 5.66. The molecule has 1 amide bonds. The van der Waals surface area contributed by atoms with Gasteiger partial charge in [-0.3, -0.25) is 4.79 Å². The van der Waals surface area contributed by atoms with Gasteiger partial charge in [-0.15, -0.1) is 5.10 Å². The molecule has 168 valence electrons. The van der Waals surface area contributed by atoms with Gasteiger partial charge in [-0.25, -0.2) is 4.98 Å². The Labute approximate surface area is 193 Å². The Kier molecular flexibility index (Phi) is 7.10. The van der Waals surface area contributed by atoms with Crippen molar-refractivity contribution < 1.29 is 9.53 Å². The summed E-state index contributed by atoms with van der Waals surface area (Å²) in [4.78, 5) is 19.6. The number of hydrogen-bond acceptors (Lipinski definition) is 7. The van der Waals surface area contributed by atoms with Crippen molar-refractivity contribution in [3.05, 3.63) is 77.2 Å². The van der Waals surface area contributed by atoms with Crippen LogP contribution in [0.4, 0.5) is 5.69 Å². The molecule has 1 saturated heterocycles. The standard InChI is InChI=1S/C25H26N6O2/c1-19(32)30-12-14-31(15-13-30)24-7-3-20(4-8-24)2-5-22-6-9-25(29-28-22)33-18-21-10-11-27-23(16-21)17-26/h3-4,6-11,16H,2,5,12-15,18H2,1H3. The third-order valence-corrected chi connectivity index (χ3v) is 5.72. The van der Waals surface area contributed by atoms with Crippen LogP contribution in [0.5, 0.6) is 5.88 Å². The first-order chi connectivity index (χ1) is 16.1. The van der Waals surface area contributed by atoms with E-state index in [1.807, 2.05) is 23.1 Å². The van der Waals surface area contributed by atoms with Crippen molar-refractivity contribution in [2.75, 3.05) is 31.1 Å². The summed E-state index contributed by atoms with van der Waals surface area (Å²) in [6.45, 7) is 5.22. The molecule has 33 heavy (non-hydrogen) atoms. The highest BCUT2D eigenvalue weighted by atomic mass is 16.5. The molecule has 0 saturated carbocycles. The van der Waals surface area contributed by atoms with Gasteiger partial charge in [-0.1, -0.05) is 12.1 Å². The highest BCUT2D eigenvalue weighted by Crippen LogP contribution is 2.18. The lowest BCUT2D eigenvalue weighted by molar-refractivity contribution is -0.129. The predicted octanol–water partition coefficient (Wildman–Crippen LogP) is 2.78. The number of aromatic nitrogens is 3. The first-order valence-corrected chi connectivity index (χ1v) is 11.0. The normalized spacial score (nSPS) is 13.5. The quantitative estimate of drug-likeness (QED) is 0.555. The zero-order chi connectivity index (χ0) is 23.0. The van der Waals surface area contributed by atoms with Gasteiger partial charge in [0.25, 0.3) is 0 Å². The zero-order valence-corrected chi connectivity index (χ0v) is 18.6. The predicted molar refractivity (Wildman–Crippen MR) is 124 cm³/mol. The van der Waals surface area contributed by atoms with Crippen LogP contribution < -0.4 is 9.64 Å². The maximum absolute atomic E-state index is 11.5. The first kappa shape index (κ1) is 22.2. The lowest BCUT2D eigenvalue weighted by Gasteiger charge is -2.35. The van der Waals surface area contributed by atoms with Crippen LogP contribution in [0.15, 0.2) is 54.7 Å². The average Bonchev–Trinajstić information content (AvgIpc) is 2.87. The Hall–Kier alpha value is -3.99. The second-order valence-corrected chi connectivity index (χ2v) is 7.97. The van der Waals surface area contributed by atoms with E-state index < -0.39 is 0 Å². The molecule has 0 spiro atoms. The van der Waals surface area contributed by atoms with Crippen molar-refractivity contribution in [1.29, 1.82) is 5.26 Å². The highest BCUT2D eigenvalue weighted by Gasteiger charge is 2.18. The van der Waals surface area contributed by atoms with E-state index in [2.05, 4.69) is 44.3 Å². The number of carbonyl (C=O) groups excluding carboxylic acids is 1. The lowest BCUT2D eigenvalue weighted by Crippen LogP contribution is -2.48. The van der Waals surface area contributed by atoms with Gasteiger partial charge in [0.05, 0.1) is 5.69 Å². The smallest absolute Gasteiger partial charge is 0.233 e. The molecule has 0 unspecified atom stereocenters. The summed E-state index contributed by atoms with van der Waals surface area (Å²) in [5.41, 5.74) is 4.56. The molecular weight excluding hydrogens is 416 g/mol. The fraction of sp³-hybridized carbons (Fsp3) is 0.320. The van der Waals surface area contributed by atoms with E-state index in [0.717, 1.165) is 50.3 Å². The summed E-state index contributed by atoms with van der Waals surface area (Å²) in [6, 6.07) is 17.9. The Bertz CT molecular complexity index is 1120. The van der Waals surface area contributed by atoms with Crippen molar-refractivity contribution in [3.63, 3.8) is 0 Å². The Balaban J connectivity index is 1.24. The minimum atomic E-state index is 0.149. The summed E-state index contributed by atoms with van der Waals surface area (Å²) >= 11 is 0. The van der Waals surface area contributed by atoms with Crippen LogP contribution in [0, 0.1) is 11.3 Å². The van der Waals surface area contributed by atoms with Crippen molar-refractivity contribution >= 4 is 11.6 Å². The minimum absolute atomic E-state index is 0.149. The fourth-order valence-electron chi connectivity index (χ4n) is 3.77. The molecule has 0 N–H and O–H groups in total.